The molecule has 3 aliphatic heterocycles. The van der Waals surface area contributed by atoms with Crippen LogP contribution in [-0.4, -0.2) is 157 Å². The van der Waals surface area contributed by atoms with Crippen LogP contribution in [-0.2, 0) is 28.5 Å². The standard InChI is InChI=1S/C20H34FNO15/c1-5-10(25)13(28)15(19(34-5)33-4-7-11(26)12(27)14(29)17(31)35-7)37-18-9(22-6(2)24)16(30)20(21,32)8(3-23)36-18/h5,7-19,23,25-32H,3-4H2,1-2H3,(H,22,24)/t5-,7-,8-,9-,10-,11-,12+,13+,14-,15+,16-,17-,18+,19+,20-/m1/s1. The van der Waals surface area contributed by atoms with Gasteiger partial charge in [0.2, 0.25) is 5.91 Å². The Morgan fingerprint density at radius 1 is 0.946 bits per heavy atom. The lowest BCUT2D eigenvalue weighted by Crippen LogP contribution is -2.71. The van der Waals surface area contributed by atoms with Gasteiger partial charge in [0.05, 0.1) is 19.3 Å². The molecule has 0 aromatic rings. The van der Waals surface area contributed by atoms with E-state index >= 15 is 0 Å². The summed E-state index contributed by atoms with van der Waals surface area (Å²) in [4.78, 5) is 11.6. The molecule has 0 aliphatic carbocycles. The van der Waals surface area contributed by atoms with Crippen LogP contribution in [0, 0.1) is 0 Å². The van der Waals surface area contributed by atoms with Gasteiger partial charge in [-0.1, -0.05) is 0 Å². The van der Waals surface area contributed by atoms with Gasteiger partial charge in [0.15, 0.2) is 18.9 Å². The molecule has 15 atom stereocenters. The van der Waals surface area contributed by atoms with Crippen molar-refractivity contribution in [3.05, 3.63) is 0 Å². The maximum Gasteiger partial charge on any atom is 0.263 e. The first-order valence-electron chi connectivity index (χ1n) is 11.5. The molecule has 0 spiro atoms. The summed E-state index contributed by atoms with van der Waals surface area (Å²) < 4.78 is 41.6. The van der Waals surface area contributed by atoms with E-state index in [4.69, 9.17) is 23.7 Å². The summed E-state index contributed by atoms with van der Waals surface area (Å²) in [6, 6.07) is -1.77. The molecule has 0 saturated carbocycles. The van der Waals surface area contributed by atoms with Gasteiger partial charge >= 0.3 is 0 Å². The first-order valence-corrected chi connectivity index (χ1v) is 11.5. The maximum absolute atomic E-state index is 14.7. The van der Waals surface area contributed by atoms with Crippen molar-refractivity contribution in [1.29, 1.82) is 0 Å². The summed E-state index contributed by atoms with van der Waals surface area (Å²) >= 11 is 0. The highest BCUT2D eigenvalue weighted by molar-refractivity contribution is 5.73. The Hall–Kier alpha value is -1.16. The normalized spacial score (nSPS) is 51.0. The van der Waals surface area contributed by atoms with Crippen LogP contribution >= 0.6 is 0 Å². The minimum Gasteiger partial charge on any atom is -0.393 e. The van der Waals surface area contributed by atoms with Gasteiger partial charge in [-0.05, 0) is 6.92 Å². The number of carbonyl (C=O) groups is 1. The number of hydrogen-bond donors (Lipinski definition) is 10. The van der Waals surface area contributed by atoms with Gasteiger partial charge in [-0.2, -0.15) is 0 Å². The SMILES string of the molecule is CC(=O)N[C@H]1[C@H](O[C@@H]2[C@@H](OC[C@H]3O[C@@H](O)[C@H](O)[C@@H](O)[C@@H]3O)O[C@H](C)[C@@H](O)[C@@H]2O)O[C@H](CO)[C@](O)(F)[C@@H]1O. The van der Waals surface area contributed by atoms with E-state index < -0.39 is 111 Å². The molecule has 16 nitrogen and oxygen atoms in total. The van der Waals surface area contributed by atoms with Crippen molar-refractivity contribution >= 4 is 5.91 Å². The zero-order valence-electron chi connectivity index (χ0n) is 19.8. The van der Waals surface area contributed by atoms with Gasteiger partial charge < -0.3 is 75.0 Å². The Kier molecular flexibility index (Phi) is 9.79. The molecule has 0 aromatic carbocycles. The lowest BCUT2D eigenvalue weighted by Gasteiger charge is -2.48. The minimum absolute atomic E-state index is 0.602. The lowest BCUT2D eigenvalue weighted by molar-refractivity contribution is -0.381. The fraction of sp³-hybridized carbons (Fsp3) is 0.950. The fourth-order valence-corrected chi connectivity index (χ4v) is 4.30. The van der Waals surface area contributed by atoms with E-state index in [2.05, 4.69) is 5.32 Å². The molecular weight excluding hydrogens is 513 g/mol. The zero-order chi connectivity index (χ0) is 27.8. The first-order chi connectivity index (χ1) is 17.2. The third-order valence-corrected chi connectivity index (χ3v) is 6.52. The summed E-state index contributed by atoms with van der Waals surface area (Å²) in [5.41, 5.74) is 0. The average molecular weight is 547 g/mol. The van der Waals surface area contributed by atoms with Gasteiger partial charge in [0.25, 0.3) is 5.85 Å². The van der Waals surface area contributed by atoms with E-state index in [1.807, 2.05) is 0 Å². The number of halogens is 1. The third-order valence-electron chi connectivity index (χ3n) is 6.52. The molecule has 3 aliphatic rings. The molecule has 0 radical (unpaired) electrons. The molecular formula is C20H34FNO15. The van der Waals surface area contributed by atoms with Crippen LogP contribution < -0.4 is 5.32 Å². The topological polar surface area (TPSA) is 257 Å². The van der Waals surface area contributed by atoms with Gasteiger partial charge in [-0.3, -0.25) is 4.79 Å². The number of hydrogen-bond acceptors (Lipinski definition) is 15. The predicted molar refractivity (Wildman–Crippen MR) is 111 cm³/mol. The van der Waals surface area contributed by atoms with Gasteiger partial charge in [-0.25, -0.2) is 4.39 Å². The summed E-state index contributed by atoms with van der Waals surface area (Å²) in [5.74, 6) is -4.29. The summed E-state index contributed by atoms with van der Waals surface area (Å²) in [7, 11) is 0. The summed E-state index contributed by atoms with van der Waals surface area (Å²) in [6.07, 6.45) is -22.4. The van der Waals surface area contributed by atoms with Crippen LogP contribution in [0.2, 0.25) is 0 Å². The summed E-state index contributed by atoms with van der Waals surface area (Å²) in [6.45, 7) is 0.676. The number of amides is 1. The molecule has 3 heterocycles. The first kappa shape index (κ1) is 30.4. The van der Waals surface area contributed by atoms with Crippen LogP contribution in [0.25, 0.3) is 0 Å². The van der Waals surface area contributed by atoms with Gasteiger partial charge in [-0.15, -0.1) is 0 Å². The second-order valence-electron chi connectivity index (χ2n) is 9.24. The van der Waals surface area contributed by atoms with E-state index in [0.29, 0.717) is 0 Å². The van der Waals surface area contributed by atoms with Crippen LogP contribution in [0.5, 0.6) is 0 Å². The highest BCUT2D eigenvalue weighted by Gasteiger charge is 2.58. The second kappa shape index (κ2) is 11.9. The number of rotatable bonds is 7. The predicted octanol–water partition coefficient (Wildman–Crippen LogP) is -6.10. The molecule has 10 N–H and O–H groups in total. The lowest BCUT2D eigenvalue weighted by atomic mass is 9.94. The average Bonchev–Trinajstić information content (AvgIpc) is 2.83. The van der Waals surface area contributed by atoms with Crippen LogP contribution in [0.3, 0.4) is 0 Å². The van der Waals surface area contributed by atoms with Crippen molar-refractivity contribution in [2.75, 3.05) is 13.2 Å². The molecule has 3 saturated heterocycles. The Labute approximate surface area is 209 Å². The zero-order valence-corrected chi connectivity index (χ0v) is 19.8. The van der Waals surface area contributed by atoms with Crippen molar-refractivity contribution in [3.8, 4) is 0 Å². The number of alkyl halides is 1. The van der Waals surface area contributed by atoms with Crippen LogP contribution in [0.4, 0.5) is 4.39 Å². The van der Waals surface area contributed by atoms with E-state index in [1.54, 1.807) is 0 Å². The molecule has 3 fully saturated rings. The Morgan fingerprint density at radius 3 is 2.19 bits per heavy atom. The second-order valence-corrected chi connectivity index (χ2v) is 9.24. The Balaban J connectivity index is 1.80. The van der Waals surface area contributed by atoms with E-state index in [0.717, 1.165) is 6.92 Å². The van der Waals surface area contributed by atoms with Crippen molar-refractivity contribution < 1.29 is 78.8 Å². The molecule has 0 bridgehead atoms. The fourth-order valence-electron chi connectivity index (χ4n) is 4.30. The van der Waals surface area contributed by atoms with Crippen molar-refractivity contribution in [2.45, 2.75) is 106 Å². The van der Waals surface area contributed by atoms with Crippen molar-refractivity contribution in [2.24, 2.45) is 0 Å². The number of nitrogens with one attached hydrogen (secondary N) is 1. The quantitative estimate of drug-likeness (QED) is 0.142. The van der Waals surface area contributed by atoms with Crippen molar-refractivity contribution in [1.82, 2.24) is 5.32 Å². The highest BCUT2D eigenvalue weighted by Crippen LogP contribution is 2.34. The van der Waals surface area contributed by atoms with E-state index in [9.17, 15) is 55.1 Å². The van der Waals surface area contributed by atoms with E-state index in [-0.39, 0.29) is 0 Å². The Morgan fingerprint density at radius 2 is 1.59 bits per heavy atom. The van der Waals surface area contributed by atoms with Gasteiger partial charge in [0.1, 0.15) is 61.0 Å². The molecule has 216 valence electrons. The Bertz CT molecular complexity index is 778. The molecule has 17 heteroatoms. The van der Waals surface area contributed by atoms with E-state index in [1.165, 1.54) is 6.92 Å². The molecule has 0 unspecified atom stereocenters. The summed E-state index contributed by atoms with van der Waals surface area (Å²) in [5, 5.41) is 92.1. The van der Waals surface area contributed by atoms with Crippen LogP contribution in [0.15, 0.2) is 0 Å². The third kappa shape index (κ3) is 6.20. The maximum atomic E-state index is 14.7. The molecule has 37 heavy (non-hydrogen) atoms. The smallest absolute Gasteiger partial charge is 0.263 e. The van der Waals surface area contributed by atoms with Crippen LogP contribution in [0.1, 0.15) is 13.8 Å². The largest absolute Gasteiger partial charge is 0.393 e. The monoisotopic (exact) mass is 547 g/mol. The number of carbonyl (C=O) groups excluding carboxylic acids is 1. The van der Waals surface area contributed by atoms with Gasteiger partial charge in [0, 0.05) is 6.92 Å². The number of ether oxygens (including phenoxy) is 5. The highest BCUT2D eigenvalue weighted by atomic mass is 19.2. The molecule has 3 rings (SSSR count). The molecule has 1 amide bonds. The molecule has 0 aromatic heterocycles. The number of aliphatic hydroxyl groups excluding tert-OH is 8. The minimum atomic E-state index is -3.51. The van der Waals surface area contributed by atoms with Crippen molar-refractivity contribution in [3.63, 3.8) is 0 Å². The number of aliphatic hydroxyl groups is 9.